The predicted molar refractivity (Wildman–Crippen MR) is 103 cm³/mol. The molecule has 0 unspecified atom stereocenters. The molecule has 26 heavy (non-hydrogen) atoms. The van der Waals surface area contributed by atoms with Gasteiger partial charge in [0.05, 0.1) is 16.1 Å². The van der Waals surface area contributed by atoms with Crippen molar-refractivity contribution in [2.24, 2.45) is 0 Å². The monoisotopic (exact) mass is 388 g/mol. The topological polar surface area (TPSA) is 75.2 Å². The Bertz CT molecular complexity index is 1070. The van der Waals surface area contributed by atoms with Crippen molar-refractivity contribution < 1.29 is 8.42 Å². The minimum Gasteiger partial charge on any atom is -0.354 e. The molecule has 0 saturated carbocycles. The zero-order valence-electron chi connectivity index (χ0n) is 13.9. The van der Waals surface area contributed by atoms with Crippen LogP contribution in [0, 0.1) is 0 Å². The van der Waals surface area contributed by atoms with E-state index in [0.29, 0.717) is 11.3 Å². The Morgan fingerprint density at radius 1 is 0.923 bits per heavy atom. The fourth-order valence-electron chi connectivity index (χ4n) is 3.05. The fraction of sp³-hybridized carbons (Fsp3) is 0.222. The van der Waals surface area contributed by atoms with E-state index < -0.39 is 10.0 Å². The molecule has 3 aromatic rings. The minimum atomic E-state index is -3.88. The van der Waals surface area contributed by atoms with Gasteiger partial charge in [0.25, 0.3) is 10.0 Å². The van der Waals surface area contributed by atoms with Crippen LogP contribution in [0.25, 0.3) is 11.0 Å². The van der Waals surface area contributed by atoms with Gasteiger partial charge in [0.15, 0.2) is 11.6 Å². The predicted octanol–water partition coefficient (Wildman–Crippen LogP) is 3.68. The normalized spacial score (nSPS) is 14.7. The third-order valence-corrected chi connectivity index (χ3v) is 6.15. The number of sulfonamides is 1. The molecule has 0 spiro atoms. The first-order chi connectivity index (χ1) is 12.5. The number of rotatable bonds is 4. The average Bonchev–Trinajstić information content (AvgIpc) is 3.15. The van der Waals surface area contributed by atoms with Crippen LogP contribution in [0.1, 0.15) is 12.8 Å². The zero-order chi connectivity index (χ0) is 18.1. The molecule has 2 aromatic carbocycles. The van der Waals surface area contributed by atoms with Crippen molar-refractivity contribution in [2.45, 2.75) is 17.7 Å². The maximum absolute atomic E-state index is 12.8. The molecule has 8 heteroatoms. The van der Waals surface area contributed by atoms with Crippen LogP contribution in [0.2, 0.25) is 5.02 Å². The Balaban J connectivity index is 1.82. The van der Waals surface area contributed by atoms with Crippen LogP contribution in [-0.4, -0.2) is 31.5 Å². The number of hydrogen-bond donors (Lipinski definition) is 1. The Morgan fingerprint density at radius 3 is 2.23 bits per heavy atom. The number of halogens is 1. The highest BCUT2D eigenvalue weighted by atomic mass is 35.5. The number of nitrogens with zero attached hydrogens (tertiary/aromatic N) is 3. The number of nitrogens with one attached hydrogen (secondary N) is 1. The van der Waals surface area contributed by atoms with Gasteiger partial charge in [-0.1, -0.05) is 35.9 Å². The van der Waals surface area contributed by atoms with Gasteiger partial charge in [-0.3, -0.25) is 4.72 Å². The van der Waals surface area contributed by atoms with E-state index >= 15 is 0 Å². The lowest BCUT2D eigenvalue weighted by Crippen LogP contribution is -2.23. The van der Waals surface area contributed by atoms with Crippen molar-refractivity contribution in [3.05, 3.63) is 53.6 Å². The van der Waals surface area contributed by atoms with Crippen molar-refractivity contribution in [3.8, 4) is 0 Å². The summed E-state index contributed by atoms with van der Waals surface area (Å²) in [4.78, 5) is 11.3. The van der Waals surface area contributed by atoms with Gasteiger partial charge in [0, 0.05) is 13.1 Å². The standard InChI is InChI=1S/C18H17ClN4O2S/c19-13-7-1-4-10-16(13)26(24,25)22-17-18(23-11-5-6-12-23)21-15-9-3-2-8-14(15)20-17/h1-4,7-10H,5-6,11-12H2,(H,20,22). The molecule has 1 N–H and O–H groups in total. The molecule has 0 atom stereocenters. The molecule has 1 aliphatic heterocycles. The number of aromatic nitrogens is 2. The van der Waals surface area contributed by atoms with Crippen LogP contribution < -0.4 is 9.62 Å². The zero-order valence-corrected chi connectivity index (χ0v) is 15.5. The second-order valence-corrected chi connectivity index (χ2v) is 8.17. The first-order valence-electron chi connectivity index (χ1n) is 8.34. The van der Waals surface area contributed by atoms with E-state index in [1.165, 1.54) is 6.07 Å². The van der Waals surface area contributed by atoms with Crippen molar-refractivity contribution in [1.29, 1.82) is 0 Å². The molecule has 0 radical (unpaired) electrons. The van der Waals surface area contributed by atoms with E-state index in [1.54, 1.807) is 18.2 Å². The highest BCUT2D eigenvalue weighted by molar-refractivity contribution is 7.92. The van der Waals surface area contributed by atoms with Crippen LogP contribution in [0.15, 0.2) is 53.4 Å². The molecular weight excluding hydrogens is 372 g/mol. The second-order valence-electron chi connectivity index (χ2n) is 6.11. The van der Waals surface area contributed by atoms with Gasteiger partial charge in [-0.25, -0.2) is 18.4 Å². The van der Waals surface area contributed by atoms with E-state index in [0.717, 1.165) is 31.4 Å². The minimum absolute atomic E-state index is 0.0176. The SMILES string of the molecule is O=S(=O)(Nc1nc2ccccc2nc1N1CCCC1)c1ccccc1Cl. The third kappa shape index (κ3) is 3.20. The van der Waals surface area contributed by atoms with Crippen LogP contribution in [0.3, 0.4) is 0 Å². The quantitative estimate of drug-likeness (QED) is 0.737. The Morgan fingerprint density at radius 2 is 1.54 bits per heavy atom. The largest absolute Gasteiger partial charge is 0.354 e. The molecule has 6 nitrogen and oxygen atoms in total. The number of fused-ring (bicyclic) bond motifs is 1. The highest BCUT2D eigenvalue weighted by Gasteiger charge is 2.24. The smallest absolute Gasteiger partial charge is 0.264 e. The van der Waals surface area contributed by atoms with Gasteiger partial charge < -0.3 is 4.90 Å². The maximum atomic E-state index is 12.8. The van der Waals surface area contributed by atoms with Gasteiger partial charge in [0.1, 0.15) is 4.90 Å². The van der Waals surface area contributed by atoms with Gasteiger partial charge in [-0.05, 0) is 37.1 Å². The van der Waals surface area contributed by atoms with Crippen LogP contribution in [-0.2, 0) is 10.0 Å². The molecule has 0 bridgehead atoms. The number of anilines is 2. The number of benzene rings is 2. The summed E-state index contributed by atoms with van der Waals surface area (Å²) in [5.41, 5.74) is 1.36. The van der Waals surface area contributed by atoms with Gasteiger partial charge >= 0.3 is 0 Å². The summed E-state index contributed by atoms with van der Waals surface area (Å²) >= 11 is 6.07. The second kappa shape index (κ2) is 6.74. The van der Waals surface area contributed by atoms with Crippen molar-refractivity contribution in [1.82, 2.24) is 9.97 Å². The Hall–Kier alpha value is -2.38. The van der Waals surface area contributed by atoms with Gasteiger partial charge in [-0.2, -0.15) is 0 Å². The first kappa shape index (κ1) is 17.1. The Kier molecular flexibility index (Phi) is 4.42. The van der Waals surface area contributed by atoms with Gasteiger partial charge in [0.2, 0.25) is 0 Å². The average molecular weight is 389 g/mol. The van der Waals surface area contributed by atoms with E-state index in [4.69, 9.17) is 11.6 Å². The lowest BCUT2D eigenvalue weighted by atomic mass is 10.3. The molecular formula is C18H17ClN4O2S. The molecule has 4 rings (SSSR count). The molecule has 0 aliphatic carbocycles. The van der Waals surface area contributed by atoms with E-state index in [2.05, 4.69) is 19.6 Å². The van der Waals surface area contributed by atoms with Crippen LogP contribution in [0.4, 0.5) is 11.6 Å². The maximum Gasteiger partial charge on any atom is 0.264 e. The van der Waals surface area contributed by atoms with E-state index in [-0.39, 0.29) is 15.7 Å². The van der Waals surface area contributed by atoms with Crippen LogP contribution in [0.5, 0.6) is 0 Å². The van der Waals surface area contributed by atoms with Crippen molar-refractivity contribution >= 4 is 44.3 Å². The van der Waals surface area contributed by atoms with E-state index in [1.807, 2.05) is 24.3 Å². The lowest BCUT2D eigenvalue weighted by Gasteiger charge is -2.20. The summed E-state index contributed by atoms with van der Waals surface area (Å²) in [6, 6.07) is 13.7. The number of hydrogen-bond acceptors (Lipinski definition) is 5. The molecule has 0 amide bonds. The number of para-hydroxylation sites is 2. The van der Waals surface area contributed by atoms with Crippen molar-refractivity contribution in [3.63, 3.8) is 0 Å². The fourth-order valence-corrected chi connectivity index (χ4v) is 4.58. The molecule has 1 saturated heterocycles. The highest BCUT2D eigenvalue weighted by Crippen LogP contribution is 2.30. The third-order valence-electron chi connectivity index (χ3n) is 4.31. The summed E-state index contributed by atoms with van der Waals surface area (Å²) < 4.78 is 28.3. The molecule has 1 fully saturated rings. The molecule has 2 heterocycles. The van der Waals surface area contributed by atoms with Crippen molar-refractivity contribution in [2.75, 3.05) is 22.7 Å². The molecule has 1 aliphatic rings. The summed E-state index contributed by atoms with van der Waals surface area (Å²) in [6.45, 7) is 1.65. The summed E-state index contributed by atoms with van der Waals surface area (Å²) in [5.74, 6) is 0.780. The van der Waals surface area contributed by atoms with Crippen LogP contribution >= 0.6 is 11.6 Å². The summed E-state index contributed by atoms with van der Waals surface area (Å²) in [5, 5.41) is 0.163. The molecule has 1 aromatic heterocycles. The van der Waals surface area contributed by atoms with E-state index in [9.17, 15) is 8.42 Å². The Labute approximate surface area is 156 Å². The summed E-state index contributed by atoms with van der Waals surface area (Å²) in [7, 11) is -3.88. The van der Waals surface area contributed by atoms with Gasteiger partial charge in [-0.15, -0.1) is 0 Å². The first-order valence-corrected chi connectivity index (χ1v) is 10.2. The molecule has 134 valence electrons. The summed E-state index contributed by atoms with van der Waals surface area (Å²) in [6.07, 6.45) is 2.09. The lowest BCUT2D eigenvalue weighted by molar-refractivity contribution is 0.601.